The molecule has 0 saturated heterocycles. The van der Waals surface area contributed by atoms with Crippen LogP contribution in [0.2, 0.25) is 10.0 Å². The van der Waals surface area contributed by atoms with Gasteiger partial charge in [-0.3, -0.25) is 0 Å². The summed E-state index contributed by atoms with van der Waals surface area (Å²) in [4.78, 5) is 3.91. The first kappa shape index (κ1) is 17.0. The molecule has 0 amide bonds. The molecule has 2 heterocycles. The quantitative estimate of drug-likeness (QED) is 0.672. The summed E-state index contributed by atoms with van der Waals surface area (Å²) in [5.41, 5.74) is -0.724. The number of aliphatic hydroxyl groups is 1. The van der Waals surface area contributed by atoms with Gasteiger partial charge >= 0.3 is 0 Å². The monoisotopic (exact) mass is 366 g/mol. The third kappa shape index (κ3) is 3.96. The molecule has 0 bridgehead atoms. The smallest absolute Gasteiger partial charge is 0.137 e. The van der Waals surface area contributed by atoms with Crippen LogP contribution in [0.1, 0.15) is 11.3 Å². The summed E-state index contributed by atoms with van der Waals surface area (Å²) in [7, 11) is 0. The van der Waals surface area contributed by atoms with Gasteiger partial charge in [-0.2, -0.15) is 5.10 Å². The Labute approximate surface area is 149 Å². The lowest BCUT2D eigenvalue weighted by atomic mass is 9.93. The fourth-order valence-electron chi connectivity index (χ4n) is 2.49. The van der Waals surface area contributed by atoms with Crippen LogP contribution in [0.25, 0.3) is 0 Å². The van der Waals surface area contributed by atoms with E-state index in [-0.39, 0.29) is 13.1 Å². The first-order valence-corrected chi connectivity index (χ1v) is 8.06. The number of furan rings is 1. The van der Waals surface area contributed by atoms with E-state index < -0.39 is 5.60 Å². The van der Waals surface area contributed by atoms with Crippen molar-refractivity contribution in [1.29, 1.82) is 0 Å². The van der Waals surface area contributed by atoms with E-state index in [1.807, 2.05) is 12.1 Å². The Bertz CT molecular complexity index is 777. The van der Waals surface area contributed by atoms with Crippen molar-refractivity contribution in [3.63, 3.8) is 0 Å². The van der Waals surface area contributed by atoms with Crippen LogP contribution in [0, 0.1) is 0 Å². The average molecular weight is 367 g/mol. The fourth-order valence-corrected chi connectivity index (χ4v) is 3.08. The Balaban J connectivity index is 1.82. The SMILES string of the molecule is OC(CNCc1ccco1)(Cn1cncn1)c1ccc(Cl)cc1Cl. The fraction of sp³-hybridized carbons (Fsp3) is 0.250. The van der Waals surface area contributed by atoms with Gasteiger partial charge in [-0.05, 0) is 24.3 Å². The first-order valence-electron chi connectivity index (χ1n) is 7.30. The number of rotatable bonds is 7. The van der Waals surface area contributed by atoms with Crippen LogP contribution in [0.4, 0.5) is 0 Å². The normalized spacial score (nSPS) is 13.8. The molecule has 0 aliphatic carbocycles. The molecule has 1 unspecified atom stereocenters. The third-order valence-electron chi connectivity index (χ3n) is 3.62. The topological polar surface area (TPSA) is 76.1 Å². The van der Waals surface area contributed by atoms with Gasteiger partial charge in [-0.15, -0.1) is 0 Å². The molecule has 0 aliphatic rings. The van der Waals surface area contributed by atoms with Gasteiger partial charge in [0.05, 0.1) is 19.4 Å². The van der Waals surface area contributed by atoms with Gasteiger partial charge in [-0.1, -0.05) is 29.3 Å². The lowest BCUT2D eigenvalue weighted by Gasteiger charge is -2.29. The van der Waals surface area contributed by atoms with Gasteiger partial charge in [0.15, 0.2) is 0 Å². The highest BCUT2D eigenvalue weighted by Crippen LogP contribution is 2.31. The zero-order valence-electron chi connectivity index (χ0n) is 12.7. The molecule has 0 fully saturated rings. The van der Waals surface area contributed by atoms with Crippen LogP contribution in [-0.2, 0) is 18.7 Å². The van der Waals surface area contributed by atoms with Gasteiger partial charge in [0.1, 0.15) is 24.0 Å². The van der Waals surface area contributed by atoms with Crippen LogP contribution in [-0.4, -0.2) is 26.4 Å². The Morgan fingerprint density at radius 1 is 1.29 bits per heavy atom. The summed E-state index contributed by atoms with van der Waals surface area (Å²) in [6, 6.07) is 8.70. The van der Waals surface area contributed by atoms with Crippen LogP contribution in [0.5, 0.6) is 0 Å². The van der Waals surface area contributed by atoms with E-state index in [0.717, 1.165) is 5.76 Å². The molecule has 0 radical (unpaired) electrons. The van der Waals surface area contributed by atoms with Gasteiger partial charge in [0, 0.05) is 22.2 Å². The van der Waals surface area contributed by atoms with E-state index in [1.54, 1.807) is 35.5 Å². The second-order valence-electron chi connectivity index (χ2n) is 5.43. The summed E-state index contributed by atoms with van der Waals surface area (Å²) in [5.74, 6) is 0.778. The third-order valence-corrected chi connectivity index (χ3v) is 4.17. The van der Waals surface area contributed by atoms with Gasteiger partial charge in [-0.25, -0.2) is 9.67 Å². The molecule has 3 aromatic rings. The Hall–Kier alpha value is -1.86. The molecule has 2 aromatic heterocycles. The summed E-state index contributed by atoms with van der Waals surface area (Å²) in [5, 5.41) is 19.4. The van der Waals surface area contributed by atoms with E-state index in [2.05, 4.69) is 15.4 Å². The number of hydrogen-bond acceptors (Lipinski definition) is 5. The molecule has 0 saturated carbocycles. The zero-order valence-corrected chi connectivity index (χ0v) is 14.2. The van der Waals surface area contributed by atoms with E-state index in [4.69, 9.17) is 27.6 Å². The molecule has 0 spiro atoms. The standard InChI is InChI=1S/C16H16Cl2N4O2/c17-12-3-4-14(15(18)6-12)16(23,9-22-11-20-10-21-22)8-19-7-13-2-1-5-24-13/h1-6,10-11,19,23H,7-9H2. The van der Waals surface area contributed by atoms with E-state index in [1.165, 1.54) is 6.33 Å². The highest BCUT2D eigenvalue weighted by Gasteiger charge is 2.32. The summed E-state index contributed by atoms with van der Waals surface area (Å²) in [6.45, 7) is 0.923. The molecule has 6 nitrogen and oxygen atoms in total. The lowest BCUT2D eigenvalue weighted by Crippen LogP contribution is -2.42. The van der Waals surface area contributed by atoms with Crippen molar-refractivity contribution in [1.82, 2.24) is 20.1 Å². The molecule has 2 N–H and O–H groups in total. The van der Waals surface area contributed by atoms with Crippen molar-refractivity contribution in [2.75, 3.05) is 6.54 Å². The van der Waals surface area contributed by atoms with Gasteiger partial charge in [0.2, 0.25) is 0 Å². The van der Waals surface area contributed by atoms with Crippen molar-refractivity contribution in [3.05, 3.63) is 70.6 Å². The Kier molecular flexibility index (Phi) is 5.20. The summed E-state index contributed by atoms with van der Waals surface area (Å²) < 4.78 is 6.84. The summed E-state index contributed by atoms with van der Waals surface area (Å²) >= 11 is 12.3. The predicted octanol–water partition coefficient (Wildman–Crippen LogP) is 2.86. The minimum atomic E-state index is -1.29. The number of halogens is 2. The maximum absolute atomic E-state index is 11.2. The van der Waals surface area contributed by atoms with E-state index in [0.29, 0.717) is 22.2 Å². The van der Waals surface area contributed by atoms with Crippen LogP contribution >= 0.6 is 23.2 Å². The maximum atomic E-state index is 11.2. The van der Waals surface area contributed by atoms with Gasteiger partial charge < -0.3 is 14.8 Å². The molecule has 8 heteroatoms. The second kappa shape index (κ2) is 7.36. The van der Waals surface area contributed by atoms with Crippen molar-refractivity contribution in [3.8, 4) is 0 Å². The molecule has 0 aliphatic heterocycles. The minimum Gasteiger partial charge on any atom is -0.468 e. The average Bonchev–Trinajstić information content (AvgIpc) is 3.20. The van der Waals surface area contributed by atoms with Crippen molar-refractivity contribution in [2.45, 2.75) is 18.7 Å². The number of nitrogens with zero attached hydrogens (tertiary/aromatic N) is 3. The molecule has 1 aromatic carbocycles. The van der Waals surface area contributed by atoms with Crippen molar-refractivity contribution < 1.29 is 9.52 Å². The molecule has 3 rings (SSSR count). The van der Waals surface area contributed by atoms with Crippen LogP contribution < -0.4 is 5.32 Å². The molecule has 24 heavy (non-hydrogen) atoms. The Morgan fingerprint density at radius 2 is 2.17 bits per heavy atom. The lowest BCUT2D eigenvalue weighted by molar-refractivity contribution is 0.0148. The maximum Gasteiger partial charge on any atom is 0.137 e. The zero-order chi connectivity index (χ0) is 17.0. The summed E-state index contributed by atoms with van der Waals surface area (Å²) in [6.07, 6.45) is 4.57. The number of hydrogen-bond donors (Lipinski definition) is 2. The molecular formula is C16H16Cl2N4O2. The number of benzene rings is 1. The first-order chi connectivity index (χ1) is 11.6. The minimum absolute atomic E-state index is 0.194. The van der Waals surface area contributed by atoms with Crippen molar-refractivity contribution in [2.24, 2.45) is 0 Å². The highest BCUT2D eigenvalue weighted by atomic mass is 35.5. The number of nitrogens with one attached hydrogen (secondary N) is 1. The Morgan fingerprint density at radius 3 is 2.83 bits per heavy atom. The predicted molar refractivity (Wildman–Crippen MR) is 90.8 cm³/mol. The van der Waals surface area contributed by atoms with Crippen molar-refractivity contribution >= 4 is 23.2 Å². The van der Waals surface area contributed by atoms with E-state index >= 15 is 0 Å². The molecule has 1 atom stereocenters. The van der Waals surface area contributed by atoms with Crippen LogP contribution in [0.15, 0.2) is 53.7 Å². The highest BCUT2D eigenvalue weighted by molar-refractivity contribution is 6.35. The second-order valence-corrected chi connectivity index (χ2v) is 6.28. The molecular weight excluding hydrogens is 351 g/mol. The van der Waals surface area contributed by atoms with Crippen LogP contribution in [0.3, 0.4) is 0 Å². The van der Waals surface area contributed by atoms with Gasteiger partial charge in [0.25, 0.3) is 0 Å². The molecule has 126 valence electrons. The van der Waals surface area contributed by atoms with E-state index in [9.17, 15) is 5.11 Å². The number of aromatic nitrogens is 3. The largest absolute Gasteiger partial charge is 0.468 e.